The Morgan fingerprint density at radius 2 is 2.14 bits per heavy atom. The van der Waals surface area contributed by atoms with Gasteiger partial charge in [-0.05, 0) is 24.0 Å². The number of aromatic amines is 1. The molecule has 3 rings (SSSR count). The second-order valence-electron chi connectivity index (χ2n) is 6.18. The first kappa shape index (κ1) is 14.8. The van der Waals surface area contributed by atoms with Crippen molar-refractivity contribution in [1.29, 1.82) is 0 Å². The molecule has 0 spiro atoms. The topological polar surface area (TPSA) is 78.0 Å². The second kappa shape index (κ2) is 5.57. The van der Waals surface area contributed by atoms with Crippen LogP contribution >= 0.6 is 0 Å². The zero-order valence-electron chi connectivity index (χ0n) is 13.1. The van der Waals surface area contributed by atoms with Crippen molar-refractivity contribution < 1.29 is 9.90 Å². The number of nitrogens with zero attached hydrogens (tertiary/aromatic N) is 1. The van der Waals surface area contributed by atoms with Crippen LogP contribution in [0.25, 0.3) is 0 Å². The van der Waals surface area contributed by atoms with Crippen molar-refractivity contribution in [2.24, 2.45) is 0 Å². The van der Waals surface area contributed by atoms with E-state index in [4.69, 9.17) is 0 Å². The third-order valence-corrected chi connectivity index (χ3v) is 4.24. The second-order valence-corrected chi connectivity index (χ2v) is 6.18. The molecule has 1 amide bonds. The van der Waals surface area contributed by atoms with E-state index in [2.05, 4.69) is 15.5 Å². The summed E-state index contributed by atoms with van der Waals surface area (Å²) in [4.78, 5) is 12.7. The van der Waals surface area contributed by atoms with Crippen LogP contribution in [0.4, 0.5) is 0 Å². The Labute approximate surface area is 129 Å². The molecule has 1 heterocycles. The van der Waals surface area contributed by atoms with Crippen molar-refractivity contribution in [3.8, 4) is 0 Å². The number of benzene rings is 1. The first-order chi connectivity index (χ1) is 10.5. The maximum Gasteiger partial charge on any atom is 0.255 e. The number of aromatic nitrogens is 2. The van der Waals surface area contributed by atoms with Crippen LogP contribution in [0.1, 0.15) is 58.7 Å². The summed E-state index contributed by atoms with van der Waals surface area (Å²) in [5, 5.41) is 20.3. The van der Waals surface area contributed by atoms with Gasteiger partial charge in [-0.2, -0.15) is 5.10 Å². The van der Waals surface area contributed by atoms with Gasteiger partial charge in [0.25, 0.3) is 5.91 Å². The third kappa shape index (κ3) is 2.41. The molecular weight excluding hydrogens is 278 g/mol. The van der Waals surface area contributed by atoms with E-state index in [1.807, 2.05) is 45.0 Å². The van der Waals surface area contributed by atoms with Crippen molar-refractivity contribution >= 4 is 5.91 Å². The quantitative estimate of drug-likeness (QED) is 0.813. The molecule has 1 aromatic carbocycles. The van der Waals surface area contributed by atoms with E-state index in [0.717, 1.165) is 22.5 Å². The molecule has 2 aromatic rings. The minimum Gasteiger partial charge on any atom is -0.390 e. The van der Waals surface area contributed by atoms with Crippen molar-refractivity contribution in [1.82, 2.24) is 15.5 Å². The fourth-order valence-electron chi connectivity index (χ4n) is 3.11. The fraction of sp³-hybridized carbons (Fsp3) is 0.412. The van der Waals surface area contributed by atoms with Crippen molar-refractivity contribution in [3.63, 3.8) is 0 Å². The number of nitrogens with one attached hydrogen (secondary N) is 2. The maximum absolute atomic E-state index is 12.7. The lowest BCUT2D eigenvalue weighted by molar-refractivity contribution is 0.0856. The Bertz CT molecular complexity index is 706. The number of carbonyl (C=O) groups is 1. The number of fused-ring (bicyclic) bond motifs is 1. The van der Waals surface area contributed by atoms with E-state index in [1.165, 1.54) is 0 Å². The predicted octanol–water partition coefficient (Wildman–Crippen LogP) is 2.23. The Balaban J connectivity index is 1.88. The van der Waals surface area contributed by atoms with Crippen LogP contribution in [0.2, 0.25) is 0 Å². The monoisotopic (exact) mass is 299 g/mol. The van der Waals surface area contributed by atoms with Crippen LogP contribution in [0.5, 0.6) is 0 Å². The summed E-state index contributed by atoms with van der Waals surface area (Å²) >= 11 is 0. The van der Waals surface area contributed by atoms with E-state index in [1.54, 1.807) is 0 Å². The molecule has 0 bridgehead atoms. The normalized spacial score (nSPS) is 20.2. The van der Waals surface area contributed by atoms with E-state index in [-0.39, 0.29) is 17.9 Å². The number of aliphatic hydroxyl groups excluding tert-OH is 1. The standard InChI is InChI=1S/C17H21N3O2/c1-9(2)15-14(10(3)19-20-15)17(22)18-16-12-7-5-4-6-11(12)8-13(16)21/h4-7,9,13,16,21H,8H2,1-3H3,(H,18,22)(H,19,20). The Kier molecular flexibility index (Phi) is 3.74. The highest BCUT2D eigenvalue weighted by atomic mass is 16.3. The molecule has 0 radical (unpaired) electrons. The van der Waals surface area contributed by atoms with E-state index < -0.39 is 6.10 Å². The summed E-state index contributed by atoms with van der Waals surface area (Å²) < 4.78 is 0. The summed E-state index contributed by atoms with van der Waals surface area (Å²) in [5.74, 6) is -0.0257. The van der Waals surface area contributed by atoms with Crippen LogP contribution < -0.4 is 5.32 Å². The number of aryl methyl sites for hydroxylation is 1. The van der Waals surface area contributed by atoms with Crippen LogP contribution in [0.15, 0.2) is 24.3 Å². The van der Waals surface area contributed by atoms with Crippen molar-refractivity contribution in [2.45, 2.75) is 45.3 Å². The molecule has 2 atom stereocenters. The first-order valence-corrected chi connectivity index (χ1v) is 7.60. The number of hydrogen-bond donors (Lipinski definition) is 3. The lowest BCUT2D eigenvalue weighted by Gasteiger charge is -2.18. The number of rotatable bonds is 3. The molecule has 22 heavy (non-hydrogen) atoms. The minimum atomic E-state index is -0.587. The van der Waals surface area contributed by atoms with Gasteiger partial charge in [0.2, 0.25) is 0 Å². The van der Waals surface area contributed by atoms with Crippen LogP contribution in [-0.2, 0) is 6.42 Å². The molecule has 5 nitrogen and oxygen atoms in total. The van der Waals surface area contributed by atoms with Gasteiger partial charge in [0.05, 0.1) is 23.4 Å². The number of hydrogen-bond acceptors (Lipinski definition) is 3. The lowest BCUT2D eigenvalue weighted by atomic mass is 10.0. The number of aliphatic hydroxyl groups is 1. The van der Waals surface area contributed by atoms with Gasteiger partial charge >= 0.3 is 0 Å². The molecule has 116 valence electrons. The highest BCUT2D eigenvalue weighted by molar-refractivity contribution is 5.97. The third-order valence-electron chi connectivity index (χ3n) is 4.24. The lowest BCUT2D eigenvalue weighted by Crippen LogP contribution is -2.34. The highest BCUT2D eigenvalue weighted by Crippen LogP contribution is 2.32. The molecule has 2 unspecified atom stereocenters. The van der Waals surface area contributed by atoms with Crippen LogP contribution in [-0.4, -0.2) is 27.3 Å². The molecule has 1 aromatic heterocycles. The molecular formula is C17H21N3O2. The number of carbonyl (C=O) groups excluding carboxylic acids is 1. The molecule has 3 N–H and O–H groups in total. The molecule has 5 heteroatoms. The zero-order chi connectivity index (χ0) is 15.9. The van der Waals surface area contributed by atoms with Gasteiger partial charge in [0.15, 0.2) is 0 Å². The van der Waals surface area contributed by atoms with E-state index in [9.17, 15) is 9.90 Å². The van der Waals surface area contributed by atoms with Crippen LogP contribution in [0, 0.1) is 6.92 Å². The Morgan fingerprint density at radius 1 is 1.41 bits per heavy atom. The number of H-pyrrole nitrogens is 1. The maximum atomic E-state index is 12.7. The summed E-state index contributed by atoms with van der Waals surface area (Å²) in [7, 11) is 0. The Hall–Kier alpha value is -2.14. The van der Waals surface area contributed by atoms with E-state index >= 15 is 0 Å². The molecule has 1 aliphatic carbocycles. The highest BCUT2D eigenvalue weighted by Gasteiger charge is 2.33. The minimum absolute atomic E-state index is 0.159. The number of amides is 1. The summed E-state index contributed by atoms with van der Waals surface area (Å²) in [6.07, 6.45) is -0.0150. The van der Waals surface area contributed by atoms with Gasteiger partial charge in [-0.15, -0.1) is 0 Å². The van der Waals surface area contributed by atoms with Crippen molar-refractivity contribution in [3.05, 3.63) is 52.3 Å². The average Bonchev–Trinajstić information content (AvgIpc) is 3.00. The van der Waals surface area contributed by atoms with E-state index in [0.29, 0.717) is 12.0 Å². The molecule has 0 fully saturated rings. The van der Waals surface area contributed by atoms with Gasteiger partial charge in [0, 0.05) is 12.1 Å². The van der Waals surface area contributed by atoms with Gasteiger partial charge < -0.3 is 10.4 Å². The fourth-order valence-corrected chi connectivity index (χ4v) is 3.11. The summed E-state index contributed by atoms with van der Waals surface area (Å²) in [6, 6.07) is 7.47. The first-order valence-electron chi connectivity index (χ1n) is 7.60. The van der Waals surface area contributed by atoms with Gasteiger partial charge in [-0.3, -0.25) is 9.89 Å². The molecule has 0 saturated carbocycles. The van der Waals surface area contributed by atoms with Gasteiger partial charge in [-0.1, -0.05) is 38.1 Å². The van der Waals surface area contributed by atoms with Gasteiger partial charge in [-0.25, -0.2) is 0 Å². The Morgan fingerprint density at radius 3 is 2.86 bits per heavy atom. The van der Waals surface area contributed by atoms with Crippen molar-refractivity contribution in [2.75, 3.05) is 0 Å². The smallest absolute Gasteiger partial charge is 0.255 e. The summed E-state index contributed by atoms with van der Waals surface area (Å²) in [6.45, 7) is 5.85. The largest absolute Gasteiger partial charge is 0.390 e. The predicted molar refractivity (Wildman–Crippen MR) is 83.8 cm³/mol. The van der Waals surface area contributed by atoms with Gasteiger partial charge in [0.1, 0.15) is 0 Å². The average molecular weight is 299 g/mol. The molecule has 0 aliphatic heterocycles. The van der Waals surface area contributed by atoms with Crippen LogP contribution in [0.3, 0.4) is 0 Å². The zero-order valence-corrected chi connectivity index (χ0v) is 13.1. The molecule has 1 aliphatic rings. The SMILES string of the molecule is Cc1[nH]nc(C(C)C)c1C(=O)NC1c2ccccc2CC1O. The molecule has 0 saturated heterocycles. The summed E-state index contributed by atoms with van der Waals surface area (Å²) in [5.41, 5.74) is 4.19.